The van der Waals surface area contributed by atoms with Crippen LogP contribution in [0.15, 0.2) is 60.1 Å². The Morgan fingerprint density at radius 3 is 2.85 bits per heavy atom. The van der Waals surface area contributed by atoms with Gasteiger partial charge in [0.25, 0.3) is 0 Å². The SMILES string of the molecule is CCCC(=O)N1c2ccccc2NC2=C(C(=O)CCC2)[C@@H]1c1cccnc1. The number of benzene rings is 1. The van der Waals surface area contributed by atoms with Crippen LogP contribution >= 0.6 is 0 Å². The first kappa shape index (κ1) is 17.5. The van der Waals surface area contributed by atoms with E-state index in [0.29, 0.717) is 18.4 Å². The van der Waals surface area contributed by atoms with Gasteiger partial charge in [0.05, 0.1) is 17.4 Å². The fraction of sp³-hybridized carbons (Fsp3) is 0.318. The molecule has 0 saturated heterocycles. The van der Waals surface area contributed by atoms with Crippen LogP contribution in [0.5, 0.6) is 0 Å². The molecule has 1 amide bonds. The molecule has 1 aliphatic heterocycles. The molecular weight excluding hydrogens is 338 g/mol. The number of amides is 1. The molecule has 0 fully saturated rings. The second-order valence-electron chi connectivity index (χ2n) is 7.01. The molecule has 1 N–H and O–H groups in total. The lowest BCUT2D eigenvalue weighted by molar-refractivity contribution is -0.119. The molecule has 0 bridgehead atoms. The standard InChI is InChI=1S/C22H23N3O2/c1-2-7-20(27)25-18-11-4-3-9-16(18)24-17-10-5-12-19(26)21(17)22(25)15-8-6-13-23-14-15/h3-4,6,8-9,11,13-14,22,24H,2,5,7,10,12H2,1H3/t22-/m0/s1. The molecule has 1 atom stereocenters. The molecule has 138 valence electrons. The molecule has 2 aliphatic rings. The first-order valence-electron chi connectivity index (χ1n) is 9.55. The van der Waals surface area contributed by atoms with Crippen molar-refractivity contribution in [3.63, 3.8) is 0 Å². The van der Waals surface area contributed by atoms with Gasteiger partial charge in [-0.25, -0.2) is 0 Å². The topological polar surface area (TPSA) is 62.3 Å². The van der Waals surface area contributed by atoms with Crippen molar-refractivity contribution < 1.29 is 9.59 Å². The van der Waals surface area contributed by atoms with Crippen molar-refractivity contribution in [1.29, 1.82) is 0 Å². The first-order valence-corrected chi connectivity index (χ1v) is 9.55. The van der Waals surface area contributed by atoms with Crippen LogP contribution in [0.25, 0.3) is 0 Å². The largest absolute Gasteiger partial charge is 0.357 e. The fourth-order valence-electron chi connectivity index (χ4n) is 4.00. The quantitative estimate of drug-likeness (QED) is 0.881. The van der Waals surface area contributed by atoms with Crippen LogP contribution in [0.3, 0.4) is 0 Å². The number of nitrogens with one attached hydrogen (secondary N) is 1. The predicted octanol–water partition coefficient (Wildman–Crippen LogP) is 4.39. The highest BCUT2D eigenvalue weighted by Gasteiger charge is 2.39. The average Bonchev–Trinajstić information content (AvgIpc) is 2.84. The van der Waals surface area contributed by atoms with Crippen molar-refractivity contribution in [2.24, 2.45) is 0 Å². The summed E-state index contributed by atoms with van der Waals surface area (Å²) in [6, 6.07) is 11.2. The number of fused-ring (bicyclic) bond motifs is 1. The van der Waals surface area contributed by atoms with E-state index in [4.69, 9.17) is 0 Å². The molecule has 1 aromatic carbocycles. The highest BCUT2D eigenvalue weighted by molar-refractivity contribution is 6.06. The number of rotatable bonds is 3. The zero-order chi connectivity index (χ0) is 18.8. The van der Waals surface area contributed by atoms with Crippen molar-refractivity contribution in [3.05, 3.63) is 65.6 Å². The third kappa shape index (κ3) is 3.14. The van der Waals surface area contributed by atoms with E-state index in [1.807, 2.05) is 43.3 Å². The number of allylic oxidation sites excluding steroid dienone is 1. The molecule has 2 heterocycles. The number of Topliss-reactive ketones (excluding diaryl/α,β-unsaturated/α-hetero) is 1. The number of hydrogen-bond acceptors (Lipinski definition) is 4. The number of carbonyl (C=O) groups is 2. The summed E-state index contributed by atoms with van der Waals surface area (Å²) >= 11 is 0. The summed E-state index contributed by atoms with van der Waals surface area (Å²) in [7, 11) is 0. The zero-order valence-corrected chi connectivity index (χ0v) is 15.4. The molecule has 0 saturated carbocycles. The van der Waals surface area contributed by atoms with Gasteiger partial charge in [-0.05, 0) is 43.0 Å². The van der Waals surface area contributed by atoms with E-state index in [2.05, 4.69) is 10.3 Å². The number of hydrogen-bond donors (Lipinski definition) is 1. The molecule has 27 heavy (non-hydrogen) atoms. The van der Waals surface area contributed by atoms with E-state index >= 15 is 0 Å². The van der Waals surface area contributed by atoms with Gasteiger partial charge in [-0.3, -0.25) is 19.5 Å². The summed E-state index contributed by atoms with van der Waals surface area (Å²) in [4.78, 5) is 32.3. The maximum Gasteiger partial charge on any atom is 0.227 e. The van der Waals surface area contributed by atoms with Gasteiger partial charge in [0.1, 0.15) is 0 Å². The number of nitrogens with zero attached hydrogens (tertiary/aromatic N) is 2. The number of ketones is 1. The van der Waals surface area contributed by atoms with Crippen LogP contribution in [0.2, 0.25) is 0 Å². The van der Waals surface area contributed by atoms with E-state index in [0.717, 1.165) is 41.9 Å². The molecule has 5 heteroatoms. The fourth-order valence-corrected chi connectivity index (χ4v) is 4.00. The summed E-state index contributed by atoms with van der Waals surface area (Å²) < 4.78 is 0. The minimum atomic E-state index is -0.448. The van der Waals surface area contributed by atoms with Gasteiger partial charge in [-0.2, -0.15) is 0 Å². The zero-order valence-electron chi connectivity index (χ0n) is 15.4. The lowest BCUT2D eigenvalue weighted by Crippen LogP contribution is -2.37. The maximum absolute atomic E-state index is 13.2. The second-order valence-corrected chi connectivity index (χ2v) is 7.01. The molecule has 1 aliphatic carbocycles. The van der Waals surface area contributed by atoms with Crippen LogP contribution in [-0.4, -0.2) is 16.7 Å². The molecule has 0 radical (unpaired) electrons. The van der Waals surface area contributed by atoms with Crippen LogP contribution in [0.4, 0.5) is 11.4 Å². The summed E-state index contributed by atoms with van der Waals surface area (Å²) in [6.07, 6.45) is 6.81. The Morgan fingerprint density at radius 1 is 1.22 bits per heavy atom. The minimum Gasteiger partial charge on any atom is -0.357 e. The number of aromatic nitrogens is 1. The summed E-state index contributed by atoms with van der Waals surface area (Å²) in [5, 5.41) is 3.46. The molecule has 5 nitrogen and oxygen atoms in total. The Kier molecular flexibility index (Phi) is 4.75. The number of pyridine rings is 1. The van der Waals surface area contributed by atoms with Gasteiger partial charge < -0.3 is 5.32 Å². The van der Waals surface area contributed by atoms with Crippen LogP contribution in [-0.2, 0) is 9.59 Å². The third-order valence-electron chi connectivity index (χ3n) is 5.17. The number of anilines is 2. The van der Waals surface area contributed by atoms with E-state index in [-0.39, 0.29) is 11.7 Å². The van der Waals surface area contributed by atoms with E-state index in [1.54, 1.807) is 17.3 Å². The molecule has 2 aromatic rings. The summed E-state index contributed by atoms with van der Waals surface area (Å²) in [6.45, 7) is 2.00. The van der Waals surface area contributed by atoms with E-state index in [9.17, 15) is 9.59 Å². The molecule has 0 unspecified atom stereocenters. The van der Waals surface area contributed by atoms with Gasteiger partial charge in [0.2, 0.25) is 5.91 Å². The van der Waals surface area contributed by atoms with Crippen LogP contribution < -0.4 is 10.2 Å². The van der Waals surface area contributed by atoms with Crippen molar-refractivity contribution in [3.8, 4) is 0 Å². The Morgan fingerprint density at radius 2 is 2.07 bits per heavy atom. The van der Waals surface area contributed by atoms with Gasteiger partial charge in [0.15, 0.2) is 5.78 Å². The summed E-state index contributed by atoms with van der Waals surface area (Å²) in [5.74, 6) is 0.132. The maximum atomic E-state index is 13.2. The minimum absolute atomic E-state index is 0.0210. The first-order chi connectivity index (χ1) is 13.2. The summed E-state index contributed by atoms with van der Waals surface area (Å²) in [5.41, 5.74) is 4.18. The third-order valence-corrected chi connectivity index (χ3v) is 5.17. The molecule has 0 spiro atoms. The average molecular weight is 361 g/mol. The number of para-hydroxylation sites is 2. The Labute approximate surface area is 159 Å². The van der Waals surface area contributed by atoms with Gasteiger partial charge in [-0.15, -0.1) is 0 Å². The highest BCUT2D eigenvalue weighted by Crippen LogP contribution is 2.44. The molecule has 1 aromatic heterocycles. The van der Waals surface area contributed by atoms with Gasteiger partial charge in [0, 0.05) is 36.5 Å². The molecule has 4 rings (SSSR count). The van der Waals surface area contributed by atoms with Crippen molar-refractivity contribution >= 4 is 23.1 Å². The Bertz CT molecular complexity index is 905. The lowest BCUT2D eigenvalue weighted by atomic mass is 9.86. The predicted molar refractivity (Wildman–Crippen MR) is 105 cm³/mol. The second kappa shape index (κ2) is 7.35. The Balaban J connectivity index is 1.98. The van der Waals surface area contributed by atoms with Gasteiger partial charge >= 0.3 is 0 Å². The molecular formula is C22H23N3O2. The number of carbonyl (C=O) groups excluding carboxylic acids is 2. The Hall–Kier alpha value is -2.95. The lowest BCUT2D eigenvalue weighted by Gasteiger charge is -2.33. The van der Waals surface area contributed by atoms with Crippen molar-refractivity contribution in [1.82, 2.24) is 4.98 Å². The highest BCUT2D eigenvalue weighted by atomic mass is 16.2. The van der Waals surface area contributed by atoms with Crippen LogP contribution in [0, 0.1) is 0 Å². The monoisotopic (exact) mass is 361 g/mol. The van der Waals surface area contributed by atoms with Crippen molar-refractivity contribution in [2.45, 2.75) is 45.1 Å². The smallest absolute Gasteiger partial charge is 0.227 e. The van der Waals surface area contributed by atoms with Crippen molar-refractivity contribution in [2.75, 3.05) is 10.2 Å². The van der Waals surface area contributed by atoms with E-state index in [1.165, 1.54) is 0 Å². The van der Waals surface area contributed by atoms with E-state index < -0.39 is 6.04 Å². The normalized spacial score (nSPS) is 19.1. The van der Waals surface area contributed by atoms with Gasteiger partial charge in [-0.1, -0.05) is 25.1 Å². The van der Waals surface area contributed by atoms with Crippen LogP contribution in [0.1, 0.15) is 50.6 Å².